The number of phenolic OH excluding ortho intramolecular Hbond substituents is 1. The fourth-order valence-electron chi connectivity index (χ4n) is 13.6. The molecule has 8 heterocycles. The molecule has 524 valence electrons. The zero-order valence-electron chi connectivity index (χ0n) is 56.5. The average Bonchev–Trinajstić information content (AvgIpc) is 1.55. The van der Waals surface area contributed by atoms with Crippen molar-refractivity contribution < 1.29 is 62.6 Å². The molecular formula is C71H86N14O13S. The Hall–Kier alpha value is -9.64. The lowest BCUT2D eigenvalue weighted by Crippen LogP contribution is -2.61. The van der Waals surface area contributed by atoms with Gasteiger partial charge in [-0.25, -0.2) is 9.78 Å². The Morgan fingerprint density at radius 3 is 2.24 bits per heavy atom. The van der Waals surface area contributed by atoms with Crippen LogP contribution in [0.3, 0.4) is 0 Å². The number of hydrogen-bond acceptors (Lipinski definition) is 21. The molecule has 27 nitrogen and oxygen atoms in total. The maximum absolute atomic E-state index is 14.9. The van der Waals surface area contributed by atoms with Crippen molar-refractivity contribution in [2.75, 3.05) is 93.7 Å². The first-order chi connectivity index (χ1) is 47.7. The van der Waals surface area contributed by atoms with Crippen LogP contribution in [0, 0.1) is 18.8 Å². The number of aromatic nitrogens is 4. The molecule has 1 unspecified atom stereocenters. The monoisotopic (exact) mass is 1370 g/mol. The summed E-state index contributed by atoms with van der Waals surface area (Å²) in [6.07, 6.45) is 2.84. The number of phenols is 1. The summed E-state index contributed by atoms with van der Waals surface area (Å²) >= 11 is 1.57. The largest absolute Gasteiger partial charge is 0.507 e. The van der Waals surface area contributed by atoms with Gasteiger partial charge in [0.2, 0.25) is 29.7 Å². The maximum atomic E-state index is 14.9. The first kappa shape index (κ1) is 70.7. The number of carbonyl (C=O) groups excluding carboxylic acids is 8. The molecule has 8 amide bonds. The fraction of sp³-hybridized carbons (Fsp3) is 0.465. The van der Waals surface area contributed by atoms with Gasteiger partial charge in [-0.3, -0.25) is 53.2 Å². The number of rotatable bonds is 26. The van der Waals surface area contributed by atoms with E-state index in [1.165, 1.54) is 28.9 Å². The number of nitrogens with zero attached hydrogens (tertiary/aromatic N) is 10. The summed E-state index contributed by atoms with van der Waals surface area (Å²) in [6.45, 7) is 16.5. The van der Waals surface area contributed by atoms with E-state index in [0.717, 1.165) is 65.6 Å². The Labute approximate surface area is 578 Å². The van der Waals surface area contributed by atoms with Gasteiger partial charge in [0, 0.05) is 101 Å². The lowest BCUT2D eigenvalue weighted by atomic mass is 9.91. The molecule has 11 rings (SSSR count). The predicted molar refractivity (Wildman–Crippen MR) is 368 cm³/mol. The van der Waals surface area contributed by atoms with Crippen LogP contribution in [-0.2, 0) is 38.3 Å². The van der Waals surface area contributed by atoms with Crippen LogP contribution in [0.2, 0.25) is 0 Å². The molecule has 0 saturated carbocycles. The number of aliphatic hydroxyl groups excluding tert-OH is 1. The molecule has 5 aliphatic heterocycles. The SMILES string of the molecule is CC(=O)N[C@@H](C)C(=O)Nc1ccc(C(OC(=O)N2C[C@H]3CN(CC4CCN(CCOc5cc([C@H](C(=O)N6C[C@H](O)C[C@H]6C(=O)N[C@@H](C)c6ccc(-c7scnc7C)cc6)C(C)C)on5)CC4)CCN3c3cc(-c4ccccc4O)nnc32)C(=O)NCCCCCN2C(=O)C=CC2=O)cc1. The van der Waals surface area contributed by atoms with Crippen LogP contribution in [-0.4, -0.2) is 200 Å². The molecule has 6 N–H and O–H groups in total. The number of piperazine rings is 1. The number of ether oxygens (including phenoxy) is 2. The summed E-state index contributed by atoms with van der Waals surface area (Å²) in [4.78, 5) is 123. The molecule has 3 aromatic heterocycles. The van der Waals surface area contributed by atoms with Gasteiger partial charge in [-0.05, 0) is 124 Å². The highest BCUT2D eigenvalue weighted by molar-refractivity contribution is 7.13. The molecule has 3 aromatic carbocycles. The van der Waals surface area contributed by atoms with E-state index in [4.69, 9.17) is 14.0 Å². The number of hydrogen-bond donors (Lipinski definition) is 6. The van der Waals surface area contributed by atoms with Crippen molar-refractivity contribution in [2.45, 2.75) is 122 Å². The predicted octanol–water partition coefficient (Wildman–Crippen LogP) is 6.50. The van der Waals surface area contributed by atoms with Crippen LogP contribution < -0.4 is 35.8 Å². The minimum atomic E-state index is -1.48. The van der Waals surface area contributed by atoms with Crippen molar-refractivity contribution in [1.82, 2.24) is 55.9 Å². The molecule has 7 atom stereocenters. The first-order valence-corrected chi connectivity index (χ1v) is 34.8. The Kier molecular flexibility index (Phi) is 22.8. The number of likely N-dealkylation sites (tertiary alicyclic amines) is 2. The molecule has 0 radical (unpaired) electrons. The van der Waals surface area contributed by atoms with Crippen LogP contribution in [0.5, 0.6) is 11.6 Å². The van der Waals surface area contributed by atoms with E-state index in [2.05, 4.69) is 56.3 Å². The second-order valence-corrected chi connectivity index (χ2v) is 27.3. The van der Waals surface area contributed by atoms with Gasteiger partial charge in [-0.1, -0.05) is 62.4 Å². The molecule has 5 aliphatic rings. The number of aryl methyl sites for hydroxylation is 1. The van der Waals surface area contributed by atoms with Crippen LogP contribution in [0.25, 0.3) is 21.7 Å². The molecule has 3 fully saturated rings. The van der Waals surface area contributed by atoms with Gasteiger partial charge < -0.3 is 55.3 Å². The molecule has 28 heteroatoms. The number of aliphatic hydroxyl groups is 1. The van der Waals surface area contributed by atoms with E-state index < -0.39 is 48.1 Å². The first-order valence-electron chi connectivity index (χ1n) is 33.9. The Bertz CT molecular complexity index is 3910. The van der Waals surface area contributed by atoms with Crippen molar-refractivity contribution in [3.8, 4) is 33.3 Å². The smallest absolute Gasteiger partial charge is 0.416 e. The fourth-order valence-corrected chi connectivity index (χ4v) is 14.4. The molecule has 99 heavy (non-hydrogen) atoms. The van der Waals surface area contributed by atoms with Crippen molar-refractivity contribution >= 4 is 76.0 Å². The number of nitrogens with one attached hydrogen (secondary N) is 4. The van der Waals surface area contributed by atoms with Crippen LogP contribution in [0.15, 0.2) is 107 Å². The number of anilines is 3. The van der Waals surface area contributed by atoms with Crippen LogP contribution >= 0.6 is 11.3 Å². The summed E-state index contributed by atoms with van der Waals surface area (Å²) < 4.78 is 18.2. The quantitative estimate of drug-likeness (QED) is 0.0249. The van der Waals surface area contributed by atoms with Crippen molar-refractivity contribution in [1.29, 1.82) is 0 Å². The third-order valence-electron chi connectivity index (χ3n) is 19.0. The molecule has 3 saturated heterocycles. The van der Waals surface area contributed by atoms with Crippen LogP contribution in [0.1, 0.15) is 114 Å². The lowest BCUT2D eigenvalue weighted by Gasteiger charge is -2.48. The van der Waals surface area contributed by atoms with Gasteiger partial charge >= 0.3 is 6.09 Å². The average molecular weight is 1380 g/mol. The minimum absolute atomic E-state index is 0.00926. The standard InChI is InChI=1S/C71H86N14O13S/c1-42(2)63(70(94)84-40-53(87)34-57(84)68(92)75-43(3)48-14-16-50(17-15-48)65-44(4)73-41-99-65)59-36-60(79-98-59)96-33-32-80-28-24-47(25-29-80)37-81-30-31-82-52(38-81)39-85(66-56(82)35-55(77-78-66)54-12-8-9-13-58(54)88)71(95)97-64(49-18-20-51(21-19-49)76-67(91)45(5)74-46(6)86)69(93)72-26-10-7-11-27-83-61(89)22-23-62(83)90/h8-9,12-23,35-36,41-43,45,47,52-53,57,63-64,87-88H,7,10-11,24-34,37-40H2,1-6H3,(H,72,93)(H,74,86)(H,75,92)(H,76,91)/t43-,45-,52+,53+,57-,63+,64?/m0/s1. The normalized spacial score (nSPS) is 19.3. The van der Waals surface area contributed by atoms with E-state index in [0.29, 0.717) is 85.4 Å². The Balaban J connectivity index is 0.695. The number of benzene rings is 3. The summed E-state index contributed by atoms with van der Waals surface area (Å²) in [5, 5.41) is 46.3. The third-order valence-corrected chi connectivity index (χ3v) is 19.9. The van der Waals surface area contributed by atoms with Gasteiger partial charge in [0.1, 0.15) is 30.4 Å². The van der Waals surface area contributed by atoms with Crippen LogP contribution in [0.4, 0.5) is 22.0 Å². The minimum Gasteiger partial charge on any atom is -0.507 e. The van der Waals surface area contributed by atoms with E-state index in [9.17, 15) is 48.6 Å². The number of piperidine rings is 1. The third kappa shape index (κ3) is 17.1. The second kappa shape index (κ2) is 31.9. The zero-order chi connectivity index (χ0) is 70.0. The number of aromatic hydroxyl groups is 1. The highest BCUT2D eigenvalue weighted by Gasteiger charge is 2.45. The topological polar surface area (TPSA) is 328 Å². The summed E-state index contributed by atoms with van der Waals surface area (Å²) in [5.41, 5.74) is 6.85. The van der Waals surface area contributed by atoms with E-state index in [1.54, 1.807) is 72.9 Å². The summed E-state index contributed by atoms with van der Waals surface area (Å²) in [7, 11) is 0. The number of amides is 8. The molecule has 0 aliphatic carbocycles. The number of fused-ring (bicyclic) bond motifs is 3. The number of carbonyl (C=O) groups is 8. The van der Waals surface area contributed by atoms with Gasteiger partial charge in [-0.15, -0.1) is 21.5 Å². The molecule has 6 aromatic rings. The van der Waals surface area contributed by atoms with Gasteiger partial charge in [-0.2, -0.15) is 0 Å². The number of para-hydroxylation sites is 1. The highest BCUT2D eigenvalue weighted by atomic mass is 32.1. The van der Waals surface area contributed by atoms with Crippen molar-refractivity contribution in [2.24, 2.45) is 11.8 Å². The van der Waals surface area contributed by atoms with Gasteiger partial charge in [0.05, 0.1) is 52.2 Å². The molecule has 0 spiro atoms. The number of imide groups is 1. The number of β-amino-alcohol motifs (C(OH)–C–C–N with tert-alkyl or cyclic N) is 1. The van der Waals surface area contributed by atoms with E-state index in [-0.39, 0.29) is 97.6 Å². The Morgan fingerprint density at radius 1 is 0.798 bits per heavy atom. The van der Waals surface area contributed by atoms with E-state index >= 15 is 0 Å². The highest BCUT2D eigenvalue weighted by Crippen LogP contribution is 2.41. The number of thiazole rings is 1. The Morgan fingerprint density at radius 2 is 1.54 bits per heavy atom. The van der Waals surface area contributed by atoms with Gasteiger partial charge in [0.25, 0.3) is 23.6 Å². The van der Waals surface area contributed by atoms with Gasteiger partial charge in [0.15, 0.2) is 11.6 Å². The molecule has 0 bridgehead atoms. The number of unbranched alkanes of at least 4 members (excludes halogenated alkanes) is 2. The van der Waals surface area contributed by atoms with E-state index in [1.807, 2.05) is 63.5 Å². The summed E-state index contributed by atoms with van der Waals surface area (Å²) in [5.74, 6) is -2.71. The van der Waals surface area contributed by atoms with Crippen molar-refractivity contribution in [3.63, 3.8) is 0 Å². The summed E-state index contributed by atoms with van der Waals surface area (Å²) in [6, 6.07) is 22.2. The lowest BCUT2D eigenvalue weighted by molar-refractivity contribution is -0.141. The second-order valence-electron chi connectivity index (χ2n) is 26.4. The molecular weight excluding hydrogens is 1290 g/mol. The van der Waals surface area contributed by atoms with Crippen molar-refractivity contribution in [3.05, 3.63) is 125 Å². The maximum Gasteiger partial charge on any atom is 0.416 e. The zero-order valence-corrected chi connectivity index (χ0v) is 57.3.